The zero-order chi connectivity index (χ0) is 11.5. The second kappa shape index (κ2) is 4.69. The summed E-state index contributed by atoms with van der Waals surface area (Å²) in [6.45, 7) is 1.49. The molecule has 0 saturated carbocycles. The summed E-state index contributed by atoms with van der Waals surface area (Å²) in [7, 11) is -3.77. The molecule has 0 atom stereocenters. The van der Waals surface area contributed by atoms with Crippen molar-refractivity contribution < 1.29 is 17.9 Å². The maximum absolute atomic E-state index is 13.3. The van der Waals surface area contributed by atoms with Crippen LogP contribution < -0.4 is 4.72 Å². The van der Waals surface area contributed by atoms with Crippen molar-refractivity contribution in [3.8, 4) is 0 Å². The van der Waals surface area contributed by atoms with E-state index in [1.54, 1.807) is 6.92 Å². The SMILES string of the molecule is CCNS(=O)(=O)c1ccc(CO)cc1F. The fourth-order valence-corrected chi connectivity index (χ4v) is 2.23. The highest BCUT2D eigenvalue weighted by Gasteiger charge is 2.17. The largest absolute Gasteiger partial charge is 0.392 e. The maximum atomic E-state index is 13.3. The van der Waals surface area contributed by atoms with E-state index in [0.717, 1.165) is 12.1 Å². The normalized spacial score (nSPS) is 11.7. The van der Waals surface area contributed by atoms with E-state index >= 15 is 0 Å². The van der Waals surface area contributed by atoms with Gasteiger partial charge in [0, 0.05) is 6.54 Å². The molecule has 0 heterocycles. The zero-order valence-electron chi connectivity index (χ0n) is 8.20. The number of sulfonamides is 1. The number of rotatable bonds is 4. The number of halogens is 1. The summed E-state index contributed by atoms with van der Waals surface area (Å²) < 4.78 is 38.4. The summed E-state index contributed by atoms with van der Waals surface area (Å²) in [6.07, 6.45) is 0. The molecule has 1 rings (SSSR count). The highest BCUT2D eigenvalue weighted by atomic mass is 32.2. The average molecular weight is 233 g/mol. The van der Waals surface area contributed by atoms with Gasteiger partial charge in [0.1, 0.15) is 10.7 Å². The summed E-state index contributed by atoms with van der Waals surface area (Å²) in [5.41, 5.74) is 0.336. The topological polar surface area (TPSA) is 66.4 Å². The van der Waals surface area contributed by atoms with Crippen LogP contribution >= 0.6 is 0 Å². The maximum Gasteiger partial charge on any atom is 0.243 e. The first-order valence-electron chi connectivity index (χ1n) is 4.40. The van der Waals surface area contributed by atoms with Gasteiger partial charge in [-0.05, 0) is 17.7 Å². The Morgan fingerprint density at radius 1 is 1.47 bits per heavy atom. The lowest BCUT2D eigenvalue weighted by molar-refractivity contribution is 0.281. The fourth-order valence-electron chi connectivity index (χ4n) is 1.13. The highest BCUT2D eigenvalue weighted by Crippen LogP contribution is 2.15. The van der Waals surface area contributed by atoms with Gasteiger partial charge in [-0.15, -0.1) is 0 Å². The van der Waals surface area contributed by atoms with E-state index in [1.807, 2.05) is 0 Å². The van der Waals surface area contributed by atoms with Gasteiger partial charge in [0.15, 0.2) is 0 Å². The van der Waals surface area contributed by atoms with Gasteiger partial charge in [0.25, 0.3) is 0 Å². The van der Waals surface area contributed by atoms with E-state index in [0.29, 0.717) is 5.56 Å². The molecule has 1 aromatic rings. The third-order valence-electron chi connectivity index (χ3n) is 1.80. The van der Waals surface area contributed by atoms with Crippen LogP contribution in [-0.2, 0) is 16.6 Å². The van der Waals surface area contributed by atoms with Crippen molar-refractivity contribution in [3.05, 3.63) is 29.6 Å². The molecule has 0 unspecified atom stereocenters. The molecule has 2 N–H and O–H groups in total. The Balaban J connectivity index is 3.16. The van der Waals surface area contributed by atoms with Crippen molar-refractivity contribution in [2.24, 2.45) is 0 Å². The lowest BCUT2D eigenvalue weighted by atomic mass is 10.2. The minimum Gasteiger partial charge on any atom is -0.392 e. The van der Waals surface area contributed by atoms with Gasteiger partial charge in [0.2, 0.25) is 10.0 Å². The first kappa shape index (κ1) is 12.1. The van der Waals surface area contributed by atoms with Crippen LogP contribution in [0.1, 0.15) is 12.5 Å². The van der Waals surface area contributed by atoms with Crippen LogP contribution in [0.5, 0.6) is 0 Å². The fraction of sp³-hybridized carbons (Fsp3) is 0.333. The summed E-state index contributed by atoms with van der Waals surface area (Å²) in [5, 5.41) is 8.73. The molecule has 0 fully saturated rings. The number of aliphatic hydroxyl groups excluding tert-OH is 1. The number of aliphatic hydroxyl groups is 1. The molecular formula is C9H12FNO3S. The number of nitrogens with one attached hydrogen (secondary N) is 1. The van der Waals surface area contributed by atoms with Gasteiger partial charge in [-0.3, -0.25) is 0 Å². The molecular weight excluding hydrogens is 221 g/mol. The Labute approximate surface area is 87.8 Å². The van der Waals surface area contributed by atoms with E-state index in [4.69, 9.17) is 5.11 Å². The molecule has 0 aromatic heterocycles. The van der Waals surface area contributed by atoms with Crippen molar-refractivity contribution in [1.82, 2.24) is 4.72 Å². The standard InChI is InChI=1S/C9H12FNO3S/c1-2-11-15(13,14)9-4-3-7(6-12)5-8(9)10/h3-5,11-12H,2,6H2,1H3. The minimum atomic E-state index is -3.77. The van der Waals surface area contributed by atoms with Crippen molar-refractivity contribution in [3.63, 3.8) is 0 Å². The monoisotopic (exact) mass is 233 g/mol. The smallest absolute Gasteiger partial charge is 0.243 e. The van der Waals surface area contributed by atoms with Gasteiger partial charge in [-0.2, -0.15) is 0 Å². The van der Waals surface area contributed by atoms with Crippen LogP contribution in [0.2, 0.25) is 0 Å². The minimum absolute atomic E-state index is 0.198. The van der Waals surface area contributed by atoms with Crippen molar-refractivity contribution in [1.29, 1.82) is 0 Å². The van der Waals surface area contributed by atoms with Crippen LogP contribution in [0.25, 0.3) is 0 Å². The van der Waals surface area contributed by atoms with Crippen molar-refractivity contribution in [2.45, 2.75) is 18.4 Å². The first-order chi connectivity index (χ1) is 7.01. The zero-order valence-corrected chi connectivity index (χ0v) is 9.01. The second-order valence-electron chi connectivity index (χ2n) is 2.92. The Hall–Kier alpha value is -0.980. The summed E-state index contributed by atoms with van der Waals surface area (Å²) in [6, 6.07) is 3.51. The Morgan fingerprint density at radius 3 is 2.60 bits per heavy atom. The van der Waals surface area contributed by atoms with E-state index in [2.05, 4.69) is 4.72 Å². The van der Waals surface area contributed by atoms with Gasteiger partial charge in [0.05, 0.1) is 6.61 Å². The molecule has 4 nitrogen and oxygen atoms in total. The van der Waals surface area contributed by atoms with Gasteiger partial charge >= 0.3 is 0 Å². The quantitative estimate of drug-likeness (QED) is 0.801. The van der Waals surface area contributed by atoms with Crippen LogP contribution in [0.15, 0.2) is 23.1 Å². The van der Waals surface area contributed by atoms with Crippen LogP contribution in [0.4, 0.5) is 4.39 Å². The summed E-state index contributed by atoms with van der Waals surface area (Å²) in [5.74, 6) is -0.859. The van der Waals surface area contributed by atoms with E-state index in [-0.39, 0.29) is 13.2 Å². The molecule has 0 aliphatic carbocycles. The van der Waals surface area contributed by atoms with E-state index in [1.165, 1.54) is 6.07 Å². The summed E-state index contributed by atoms with van der Waals surface area (Å²) in [4.78, 5) is -0.401. The van der Waals surface area contributed by atoms with Gasteiger partial charge in [-0.25, -0.2) is 17.5 Å². The van der Waals surface area contributed by atoms with E-state index in [9.17, 15) is 12.8 Å². The first-order valence-corrected chi connectivity index (χ1v) is 5.88. The summed E-state index contributed by atoms with van der Waals surface area (Å²) >= 11 is 0. The highest BCUT2D eigenvalue weighted by molar-refractivity contribution is 7.89. The lowest BCUT2D eigenvalue weighted by Gasteiger charge is -2.06. The third kappa shape index (κ3) is 2.74. The van der Waals surface area contributed by atoms with Crippen molar-refractivity contribution in [2.75, 3.05) is 6.54 Å². The number of hydrogen-bond donors (Lipinski definition) is 2. The molecule has 0 radical (unpaired) electrons. The molecule has 0 spiro atoms. The van der Waals surface area contributed by atoms with Crippen LogP contribution in [0.3, 0.4) is 0 Å². The molecule has 1 aromatic carbocycles. The molecule has 0 amide bonds. The van der Waals surface area contributed by atoms with Crippen molar-refractivity contribution >= 4 is 10.0 Å². The Morgan fingerprint density at radius 2 is 2.13 bits per heavy atom. The second-order valence-corrected chi connectivity index (χ2v) is 4.66. The molecule has 0 aliphatic heterocycles. The van der Waals surface area contributed by atoms with Gasteiger partial charge < -0.3 is 5.11 Å². The average Bonchev–Trinajstić information content (AvgIpc) is 2.17. The predicted octanol–water partition coefficient (Wildman–Crippen LogP) is 0.616. The molecule has 0 bridgehead atoms. The lowest BCUT2D eigenvalue weighted by Crippen LogP contribution is -2.24. The molecule has 15 heavy (non-hydrogen) atoms. The Kier molecular flexibility index (Phi) is 3.78. The van der Waals surface area contributed by atoms with Crippen LogP contribution in [-0.4, -0.2) is 20.1 Å². The van der Waals surface area contributed by atoms with Gasteiger partial charge in [-0.1, -0.05) is 13.0 Å². The Bertz CT molecular complexity index is 445. The number of benzene rings is 1. The number of hydrogen-bond acceptors (Lipinski definition) is 3. The molecule has 6 heteroatoms. The van der Waals surface area contributed by atoms with Crippen LogP contribution in [0, 0.1) is 5.82 Å². The molecule has 0 saturated heterocycles. The van der Waals surface area contributed by atoms with E-state index < -0.39 is 20.7 Å². The molecule has 84 valence electrons. The third-order valence-corrected chi connectivity index (χ3v) is 3.38. The molecule has 0 aliphatic rings. The predicted molar refractivity (Wildman–Crippen MR) is 53.2 cm³/mol.